The van der Waals surface area contributed by atoms with Crippen molar-refractivity contribution in [1.29, 1.82) is 0 Å². The summed E-state index contributed by atoms with van der Waals surface area (Å²) in [7, 11) is 0. The summed E-state index contributed by atoms with van der Waals surface area (Å²) in [6.45, 7) is 5.45. The lowest BCUT2D eigenvalue weighted by atomic mass is 10.1. The minimum atomic E-state index is -0.148. The van der Waals surface area contributed by atoms with Crippen molar-refractivity contribution in [1.82, 2.24) is 10.2 Å². The highest BCUT2D eigenvalue weighted by Crippen LogP contribution is 2.27. The lowest BCUT2D eigenvalue weighted by Gasteiger charge is -2.22. The predicted octanol–water partition coefficient (Wildman–Crippen LogP) is 0.974. The van der Waals surface area contributed by atoms with Gasteiger partial charge in [0.05, 0.1) is 6.10 Å². The first-order chi connectivity index (χ1) is 7.31. The van der Waals surface area contributed by atoms with Gasteiger partial charge in [0.2, 0.25) is 0 Å². The van der Waals surface area contributed by atoms with Crippen LogP contribution in [-0.4, -0.2) is 47.8 Å². The minimum Gasteiger partial charge on any atom is -0.392 e. The van der Waals surface area contributed by atoms with Crippen molar-refractivity contribution in [2.45, 2.75) is 57.2 Å². The quantitative estimate of drug-likeness (QED) is 0.713. The molecular weight excluding hydrogens is 188 g/mol. The third kappa shape index (κ3) is 2.71. The third-order valence-electron chi connectivity index (χ3n) is 3.84. The van der Waals surface area contributed by atoms with E-state index in [1.807, 2.05) is 0 Å². The van der Waals surface area contributed by atoms with Crippen LogP contribution in [0.15, 0.2) is 0 Å². The molecule has 2 rings (SSSR count). The molecule has 0 aromatic heterocycles. The zero-order valence-electron chi connectivity index (χ0n) is 9.78. The summed E-state index contributed by atoms with van der Waals surface area (Å²) >= 11 is 0. The molecule has 0 aromatic carbocycles. The first-order valence-corrected chi connectivity index (χ1v) is 6.46. The van der Waals surface area contributed by atoms with Gasteiger partial charge in [-0.05, 0) is 32.2 Å². The third-order valence-corrected chi connectivity index (χ3v) is 3.84. The van der Waals surface area contributed by atoms with Crippen LogP contribution in [0.5, 0.6) is 0 Å². The monoisotopic (exact) mass is 212 g/mol. The van der Waals surface area contributed by atoms with Gasteiger partial charge in [0.15, 0.2) is 0 Å². The summed E-state index contributed by atoms with van der Waals surface area (Å²) in [6.07, 6.45) is 5.83. The highest BCUT2D eigenvalue weighted by molar-refractivity contribution is 4.95. The average molecular weight is 212 g/mol. The molecule has 0 aliphatic carbocycles. The van der Waals surface area contributed by atoms with E-state index >= 15 is 0 Å². The summed E-state index contributed by atoms with van der Waals surface area (Å²) in [4.78, 5) is 2.60. The van der Waals surface area contributed by atoms with Crippen molar-refractivity contribution in [3.8, 4) is 0 Å². The summed E-state index contributed by atoms with van der Waals surface area (Å²) in [5.74, 6) is 0. The maximum absolute atomic E-state index is 9.67. The van der Waals surface area contributed by atoms with Crippen LogP contribution in [-0.2, 0) is 0 Å². The van der Waals surface area contributed by atoms with Gasteiger partial charge in [0.1, 0.15) is 0 Å². The molecule has 2 heterocycles. The van der Waals surface area contributed by atoms with Crippen molar-refractivity contribution in [2.75, 3.05) is 19.6 Å². The molecule has 88 valence electrons. The van der Waals surface area contributed by atoms with Crippen molar-refractivity contribution >= 4 is 0 Å². The smallest absolute Gasteiger partial charge is 0.0664 e. The molecule has 2 aliphatic rings. The van der Waals surface area contributed by atoms with Crippen LogP contribution in [0.2, 0.25) is 0 Å². The van der Waals surface area contributed by atoms with E-state index in [2.05, 4.69) is 17.1 Å². The Bertz CT molecular complexity index is 198. The van der Waals surface area contributed by atoms with E-state index in [0.29, 0.717) is 6.04 Å². The first-order valence-electron chi connectivity index (χ1n) is 6.46. The molecule has 3 atom stereocenters. The molecule has 15 heavy (non-hydrogen) atoms. The van der Waals surface area contributed by atoms with Gasteiger partial charge in [-0.3, -0.25) is 4.90 Å². The Morgan fingerprint density at radius 1 is 1.40 bits per heavy atom. The molecule has 3 unspecified atom stereocenters. The molecule has 0 amide bonds. The van der Waals surface area contributed by atoms with Gasteiger partial charge in [-0.1, -0.05) is 13.3 Å². The largest absolute Gasteiger partial charge is 0.392 e. The maximum atomic E-state index is 9.67. The Hall–Kier alpha value is -0.120. The zero-order valence-corrected chi connectivity index (χ0v) is 9.78. The van der Waals surface area contributed by atoms with E-state index in [1.54, 1.807) is 0 Å². The fraction of sp³-hybridized carbons (Fsp3) is 1.00. The van der Waals surface area contributed by atoms with Crippen LogP contribution >= 0.6 is 0 Å². The summed E-state index contributed by atoms with van der Waals surface area (Å²) in [5, 5.41) is 13.2. The van der Waals surface area contributed by atoms with Gasteiger partial charge < -0.3 is 10.4 Å². The molecule has 3 heteroatoms. The molecular formula is C12H24N2O. The van der Waals surface area contributed by atoms with Crippen LogP contribution in [0.3, 0.4) is 0 Å². The number of hydrogen-bond acceptors (Lipinski definition) is 3. The van der Waals surface area contributed by atoms with E-state index in [4.69, 9.17) is 0 Å². The number of fused-ring (bicyclic) bond motifs is 1. The van der Waals surface area contributed by atoms with E-state index in [9.17, 15) is 5.11 Å². The Morgan fingerprint density at radius 3 is 3.07 bits per heavy atom. The van der Waals surface area contributed by atoms with Crippen LogP contribution in [0.4, 0.5) is 0 Å². The summed E-state index contributed by atoms with van der Waals surface area (Å²) in [6, 6.07) is 1.40. The van der Waals surface area contributed by atoms with Crippen LogP contribution < -0.4 is 5.32 Å². The van der Waals surface area contributed by atoms with Gasteiger partial charge in [-0.25, -0.2) is 0 Å². The second kappa shape index (κ2) is 5.28. The number of nitrogens with one attached hydrogen (secondary N) is 1. The van der Waals surface area contributed by atoms with Crippen molar-refractivity contribution in [3.63, 3.8) is 0 Å². The Labute approximate surface area is 92.8 Å². The topological polar surface area (TPSA) is 35.5 Å². The molecule has 0 spiro atoms. The van der Waals surface area contributed by atoms with Crippen LogP contribution in [0, 0.1) is 0 Å². The molecule has 2 saturated heterocycles. The van der Waals surface area contributed by atoms with Gasteiger partial charge in [-0.15, -0.1) is 0 Å². The first kappa shape index (κ1) is 11.4. The fourth-order valence-electron chi connectivity index (χ4n) is 3.04. The fourth-order valence-corrected chi connectivity index (χ4v) is 3.04. The molecule has 0 aromatic rings. The zero-order chi connectivity index (χ0) is 10.7. The standard InChI is InChI=1S/C12H24N2O/c1-2-4-10(15)9-13-11-6-8-14-7-3-5-12(11)14/h10-13,15H,2-9H2,1H3. The Balaban J connectivity index is 1.71. The number of aliphatic hydroxyl groups excluding tert-OH is 1. The molecule has 0 saturated carbocycles. The molecule has 0 radical (unpaired) electrons. The minimum absolute atomic E-state index is 0.148. The number of aliphatic hydroxyl groups is 1. The van der Waals surface area contributed by atoms with Crippen molar-refractivity contribution in [2.24, 2.45) is 0 Å². The normalized spacial score (nSPS) is 33.2. The maximum Gasteiger partial charge on any atom is 0.0664 e. The molecule has 0 bridgehead atoms. The van der Waals surface area contributed by atoms with Crippen LogP contribution in [0.1, 0.15) is 39.0 Å². The highest BCUT2D eigenvalue weighted by Gasteiger charge is 2.36. The van der Waals surface area contributed by atoms with Gasteiger partial charge in [-0.2, -0.15) is 0 Å². The van der Waals surface area contributed by atoms with Crippen LogP contribution in [0.25, 0.3) is 0 Å². The van der Waals surface area contributed by atoms with E-state index in [0.717, 1.165) is 25.4 Å². The van der Waals surface area contributed by atoms with Gasteiger partial charge in [0, 0.05) is 25.2 Å². The highest BCUT2D eigenvalue weighted by atomic mass is 16.3. The summed E-state index contributed by atoms with van der Waals surface area (Å²) in [5.41, 5.74) is 0. The van der Waals surface area contributed by atoms with Gasteiger partial charge >= 0.3 is 0 Å². The van der Waals surface area contributed by atoms with E-state index in [1.165, 1.54) is 32.4 Å². The lowest BCUT2D eigenvalue weighted by Crippen LogP contribution is -2.42. The van der Waals surface area contributed by atoms with Gasteiger partial charge in [0.25, 0.3) is 0 Å². The second-order valence-electron chi connectivity index (χ2n) is 4.99. The number of hydrogen-bond donors (Lipinski definition) is 2. The SMILES string of the molecule is CCCC(O)CNC1CCN2CCCC12. The van der Waals surface area contributed by atoms with Crippen molar-refractivity contribution < 1.29 is 5.11 Å². The average Bonchev–Trinajstić information content (AvgIpc) is 2.77. The second-order valence-corrected chi connectivity index (χ2v) is 4.99. The van der Waals surface area contributed by atoms with Crippen molar-refractivity contribution in [3.05, 3.63) is 0 Å². The predicted molar refractivity (Wildman–Crippen MR) is 61.9 cm³/mol. The molecule has 2 N–H and O–H groups in total. The molecule has 2 fully saturated rings. The van der Waals surface area contributed by atoms with E-state index < -0.39 is 0 Å². The number of nitrogens with zero attached hydrogens (tertiary/aromatic N) is 1. The molecule has 2 aliphatic heterocycles. The Morgan fingerprint density at radius 2 is 2.27 bits per heavy atom. The molecule has 3 nitrogen and oxygen atoms in total. The lowest BCUT2D eigenvalue weighted by molar-refractivity contribution is 0.153. The number of rotatable bonds is 5. The summed E-state index contributed by atoms with van der Waals surface area (Å²) < 4.78 is 0. The Kier molecular flexibility index (Phi) is 4.00. The van der Waals surface area contributed by atoms with E-state index in [-0.39, 0.29) is 6.10 Å².